The minimum atomic E-state index is -0.0188. The van der Waals surface area contributed by atoms with Crippen molar-refractivity contribution in [2.45, 2.75) is 18.9 Å². The van der Waals surface area contributed by atoms with Crippen molar-refractivity contribution in [3.05, 3.63) is 162 Å². The maximum absolute atomic E-state index is 6.65. The van der Waals surface area contributed by atoms with Crippen LogP contribution in [-0.2, 0) is 0 Å². The van der Waals surface area contributed by atoms with Crippen molar-refractivity contribution in [3.63, 3.8) is 0 Å². The van der Waals surface area contributed by atoms with Crippen LogP contribution >= 0.6 is 0 Å². The van der Waals surface area contributed by atoms with Crippen LogP contribution in [0.5, 0.6) is 5.75 Å². The molecule has 1 aliphatic heterocycles. The van der Waals surface area contributed by atoms with E-state index in [1.807, 2.05) is 0 Å². The first-order chi connectivity index (χ1) is 23.7. The minimum Gasteiger partial charge on any atom is -0.484 e. The van der Waals surface area contributed by atoms with Gasteiger partial charge in [0.25, 0.3) is 0 Å². The molecule has 0 radical (unpaired) electrons. The summed E-state index contributed by atoms with van der Waals surface area (Å²) in [6, 6.07) is 53.1. The zero-order valence-corrected chi connectivity index (χ0v) is 26.4. The van der Waals surface area contributed by atoms with E-state index in [0.717, 1.165) is 5.75 Å². The van der Waals surface area contributed by atoms with E-state index in [1.54, 1.807) is 0 Å². The summed E-state index contributed by atoms with van der Waals surface area (Å²) in [6.07, 6.45) is 2.39. The van der Waals surface area contributed by atoms with Gasteiger partial charge in [0.05, 0.1) is 22.2 Å². The van der Waals surface area contributed by atoms with E-state index in [-0.39, 0.29) is 12.0 Å². The summed E-state index contributed by atoms with van der Waals surface area (Å²) in [5, 5.41) is 8.84. The quantitative estimate of drug-likeness (QED) is 0.177. The Labute approximate surface area is 277 Å². The van der Waals surface area contributed by atoms with Gasteiger partial charge >= 0.3 is 0 Å². The molecule has 48 heavy (non-hydrogen) atoms. The van der Waals surface area contributed by atoms with E-state index >= 15 is 0 Å². The summed E-state index contributed by atoms with van der Waals surface area (Å²) in [5.74, 6) is 1.14. The number of rotatable bonds is 2. The molecule has 11 rings (SSSR count). The van der Waals surface area contributed by atoms with Gasteiger partial charge in [-0.15, -0.1) is 0 Å². The summed E-state index contributed by atoms with van der Waals surface area (Å²) in [5.41, 5.74) is 11.1. The highest BCUT2D eigenvalue weighted by molar-refractivity contribution is 6.18. The maximum Gasteiger partial charge on any atom is 0.133 e. The first-order valence-corrected chi connectivity index (χ1v) is 16.8. The van der Waals surface area contributed by atoms with Crippen molar-refractivity contribution in [2.24, 2.45) is 0 Å². The van der Waals surface area contributed by atoms with Crippen molar-refractivity contribution >= 4 is 65.9 Å². The first kappa shape index (κ1) is 26.1. The molecule has 0 saturated carbocycles. The van der Waals surface area contributed by atoms with E-state index in [9.17, 15) is 0 Å². The van der Waals surface area contributed by atoms with E-state index in [4.69, 9.17) is 4.74 Å². The van der Waals surface area contributed by atoms with Gasteiger partial charge in [0.1, 0.15) is 11.9 Å². The lowest BCUT2D eigenvalue weighted by Gasteiger charge is -2.27. The summed E-state index contributed by atoms with van der Waals surface area (Å²) < 4.78 is 11.6. The Morgan fingerprint density at radius 1 is 0.521 bits per heavy atom. The fourth-order valence-corrected chi connectivity index (χ4v) is 8.72. The van der Waals surface area contributed by atoms with Crippen molar-refractivity contribution < 1.29 is 4.74 Å². The Morgan fingerprint density at radius 2 is 1.21 bits per heavy atom. The highest BCUT2D eigenvalue weighted by Crippen LogP contribution is 2.51. The van der Waals surface area contributed by atoms with Crippen LogP contribution < -0.4 is 4.74 Å². The molecule has 0 amide bonds. The topological polar surface area (TPSA) is 19.1 Å². The number of para-hydroxylation sites is 3. The number of ether oxygens (including phenoxy) is 1. The van der Waals surface area contributed by atoms with Gasteiger partial charge in [-0.05, 0) is 64.7 Å². The Hall–Kier alpha value is -6.06. The molecule has 3 heterocycles. The van der Waals surface area contributed by atoms with Crippen molar-refractivity contribution in [2.75, 3.05) is 0 Å². The zero-order chi connectivity index (χ0) is 31.5. The molecule has 2 atom stereocenters. The number of nitrogens with zero attached hydrogens (tertiary/aromatic N) is 2. The van der Waals surface area contributed by atoms with Gasteiger partial charge in [-0.1, -0.05) is 110 Å². The lowest BCUT2D eigenvalue weighted by Crippen LogP contribution is -2.25. The smallest absolute Gasteiger partial charge is 0.133 e. The second kappa shape index (κ2) is 9.49. The van der Waals surface area contributed by atoms with Crippen molar-refractivity contribution in [1.82, 2.24) is 9.13 Å². The highest BCUT2D eigenvalue weighted by atomic mass is 16.5. The average Bonchev–Trinajstić information content (AvgIpc) is 3.79. The molecular weight excluding hydrogens is 585 g/mol. The highest BCUT2D eigenvalue weighted by Gasteiger charge is 2.40. The van der Waals surface area contributed by atoms with E-state index in [2.05, 4.69) is 168 Å². The second-order valence-electron chi connectivity index (χ2n) is 13.3. The lowest BCUT2D eigenvalue weighted by molar-refractivity contribution is 0.245. The average molecular weight is 615 g/mol. The van der Waals surface area contributed by atoms with Gasteiger partial charge in [-0.3, -0.25) is 0 Å². The molecule has 2 unspecified atom stereocenters. The monoisotopic (exact) mass is 614 g/mol. The molecule has 0 spiro atoms. The summed E-state index contributed by atoms with van der Waals surface area (Å²) in [7, 11) is 0. The van der Waals surface area contributed by atoms with Crippen molar-refractivity contribution in [1.29, 1.82) is 0 Å². The molecule has 2 aromatic heterocycles. The Morgan fingerprint density at radius 3 is 2.08 bits per heavy atom. The van der Waals surface area contributed by atoms with Crippen LogP contribution in [-0.4, -0.2) is 15.2 Å². The fraction of sp³-hybridized carbons (Fsp3) is 0.0667. The lowest BCUT2D eigenvalue weighted by atomic mass is 9.83. The predicted octanol–water partition coefficient (Wildman–Crippen LogP) is 11.5. The van der Waals surface area contributed by atoms with Gasteiger partial charge in [-0.25, -0.2) is 0 Å². The van der Waals surface area contributed by atoms with Crippen LogP contribution in [0.15, 0.2) is 146 Å². The third kappa shape index (κ3) is 3.38. The molecule has 0 fully saturated rings. The molecule has 1 aliphatic carbocycles. The standard InChI is InChI=1S/C45H30N2O/c1-27-44-37(25-38-34-20-10-12-22-43(34)48-45(27)38)36-24-35-33-19-9-11-21-39(33)47(42(35)26-41(36)46(44)29-14-3-2-4-15-29)40-23-28-13-5-6-16-30(28)31-17-7-8-18-32(31)40/h2-27,45H,1H3. The van der Waals surface area contributed by atoms with Crippen LogP contribution in [0.1, 0.15) is 29.7 Å². The van der Waals surface area contributed by atoms with Crippen LogP contribution in [0, 0.1) is 0 Å². The number of fused-ring (bicyclic) bond motifs is 12. The van der Waals surface area contributed by atoms with E-state index in [1.165, 1.54) is 88.0 Å². The maximum atomic E-state index is 6.65. The molecule has 0 N–H and O–H groups in total. The molecule has 0 saturated heterocycles. The third-order valence-electron chi connectivity index (χ3n) is 10.8. The first-order valence-electron chi connectivity index (χ1n) is 16.8. The molecular formula is C45H30N2O. The fourth-order valence-electron chi connectivity index (χ4n) is 8.72. The molecule has 3 nitrogen and oxygen atoms in total. The van der Waals surface area contributed by atoms with Gasteiger partial charge in [0.15, 0.2) is 0 Å². The number of hydrogen-bond donors (Lipinski definition) is 0. The number of hydrogen-bond acceptors (Lipinski definition) is 1. The van der Waals surface area contributed by atoms with Gasteiger partial charge in [0, 0.05) is 55.5 Å². The van der Waals surface area contributed by atoms with Crippen LogP contribution in [0.3, 0.4) is 0 Å². The summed E-state index contributed by atoms with van der Waals surface area (Å²) in [6.45, 7) is 2.33. The zero-order valence-electron chi connectivity index (χ0n) is 26.4. The third-order valence-corrected chi connectivity index (χ3v) is 10.8. The van der Waals surface area contributed by atoms with E-state index in [0.29, 0.717) is 0 Å². The SMILES string of the molecule is CC1c2c(c3cc4c5ccccc5n(-c5cc6ccccc6c6ccccc56)c4cc3n2-c2ccccc2)C=C2c3ccccc3OC21. The number of benzene rings is 7. The normalized spacial score (nSPS) is 16.7. The molecule has 3 heteroatoms. The van der Waals surface area contributed by atoms with Crippen LogP contribution in [0.2, 0.25) is 0 Å². The molecule has 2 aliphatic rings. The largest absolute Gasteiger partial charge is 0.484 e. The predicted molar refractivity (Wildman–Crippen MR) is 200 cm³/mol. The molecule has 9 aromatic rings. The van der Waals surface area contributed by atoms with E-state index < -0.39 is 0 Å². The Balaban J connectivity index is 1.30. The summed E-state index contributed by atoms with van der Waals surface area (Å²) >= 11 is 0. The van der Waals surface area contributed by atoms with Crippen LogP contribution in [0.25, 0.3) is 77.3 Å². The van der Waals surface area contributed by atoms with Crippen LogP contribution in [0.4, 0.5) is 0 Å². The van der Waals surface area contributed by atoms with Gasteiger partial charge in [-0.2, -0.15) is 0 Å². The molecule has 226 valence electrons. The minimum absolute atomic E-state index is 0.0188. The van der Waals surface area contributed by atoms with Gasteiger partial charge < -0.3 is 13.9 Å². The number of aromatic nitrogens is 2. The Kier molecular flexibility index (Phi) is 5.15. The van der Waals surface area contributed by atoms with Gasteiger partial charge in [0.2, 0.25) is 0 Å². The Bertz CT molecular complexity index is 2830. The second-order valence-corrected chi connectivity index (χ2v) is 13.3. The molecule has 7 aromatic carbocycles. The molecule has 0 bridgehead atoms. The van der Waals surface area contributed by atoms with Crippen molar-refractivity contribution in [3.8, 4) is 17.1 Å². The summed E-state index contributed by atoms with van der Waals surface area (Å²) in [4.78, 5) is 0.